The van der Waals surface area contributed by atoms with E-state index in [4.69, 9.17) is 5.73 Å². The highest BCUT2D eigenvalue weighted by Gasteiger charge is 2.36. The number of carboxylic acids is 1. The highest BCUT2D eigenvalue weighted by atomic mass is 32.1. The first-order valence-electron chi connectivity index (χ1n) is 6.98. The van der Waals surface area contributed by atoms with E-state index in [1.54, 1.807) is 0 Å². The molecule has 1 aromatic rings. The Hall–Kier alpha value is -0.940. The number of rotatable bonds is 4. The van der Waals surface area contributed by atoms with Gasteiger partial charge in [0, 0.05) is 0 Å². The minimum absolute atomic E-state index is 0.375. The van der Waals surface area contributed by atoms with E-state index < -0.39 is 11.5 Å². The maximum atomic E-state index is 11.3. The van der Waals surface area contributed by atoms with Gasteiger partial charge >= 0.3 is 5.97 Å². The maximum absolute atomic E-state index is 11.3. The predicted molar refractivity (Wildman–Crippen MR) is 76.6 cm³/mol. The molecule has 5 heteroatoms. The molecule has 0 aromatic carbocycles. The lowest BCUT2D eigenvalue weighted by Gasteiger charge is -2.35. The average molecular weight is 282 g/mol. The van der Waals surface area contributed by atoms with Crippen LogP contribution < -0.4 is 5.73 Å². The Morgan fingerprint density at radius 2 is 2.37 bits per heavy atom. The Morgan fingerprint density at radius 1 is 1.63 bits per heavy atom. The van der Waals surface area contributed by atoms with Crippen LogP contribution in [-0.2, 0) is 12.0 Å². The molecule has 3 N–H and O–H groups in total. The Morgan fingerprint density at radius 3 is 2.95 bits per heavy atom. The number of nitrogens with zero attached hydrogens (tertiary/aromatic N) is 1. The molecule has 0 aliphatic heterocycles. The fourth-order valence-corrected chi connectivity index (χ4v) is 4.01. The summed E-state index contributed by atoms with van der Waals surface area (Å²) in [6.45, 7) is 4.24. The van der Waals surface area contributed by atoms with Gasteiger partial charge in [0.2, 0.25) is 0 Å². The molecule has 1 aliphatic carbocycles. The molecule has 0 amide bonds. The summed E-state index contributed by atoms with van der Waals surface area (Å²) < 4.78 is 0. The van der Waals surface area contributed by atoms with E-state index in [0.717, 1.165) is 30.7 Å². The van der Waals surface area contributed by atoms with Crippen LogP contribution in [0.15, 0.2) is 0 Å². The summed E-state index contributed by atoms with van der Waals surface area (Å²) in [5, 5.41) is 10.1. The zero-order valence-electron chi connectivity index (χ0n) is 11.6. The number of carbonyl (C=O) groups is 1. The minimum Gasteiger partial charge on any atom is -0.477 e. The standard InChI is InChI=1S/C14H22N2O2S/c1-3-5-10-11(12(17)18)19-13(16-10)14(15)7-4-6-9(2)8-14/h9H,3-8,15H2,1-2H3,(H,17,18). The van der Waals surface area contributed by atoms with Crippen molar-refractivity contribution in [1.29, 1.82) is 0 Å². The highest BCUT2D eigenvalue weighted by Crippen LogP contribution is 2.40. The topological polar surface area (TPSA) is 76.2 Å². The van der Waals surface area contributed by atoms with Gasteiger partial charge in [-0.1, -0.05) is 33.1 Å². The van der Waals surface area contributed by atoms with Crippen LogP contribution in [0, 0.1) is 5.92 Å². The van der Waals surface area contributed by atoms with Crippen molar-refractivity contribution in [1.82, 2.24) is 4.98 Å². The lowest BCUT2D eigenvalue weighted by molar-refractivity contribution is 0.0700. The van der Waals surface area contributed by atoms with Crippen molar-refractivity contribution in [3.05, 3.63) is 15.6 Å². The van der Waals surface area contributed by atoms with Crippen molar-refractivity contribution >= 4 is 17.3 Å². The zero-order valence-corrected chi connectivity index (χ0v) is 12.4. The summed E-state index contributed by atoms with van der Waals surface area (Å²) in [6.07, 6.45) is 5.74. The summed E-state index contributed by atoms with van der Waals surface area (Å²) in [5.74, 6) is -0.287. The second kappa shape index (κ2) is 5.59. The quantitative estimate of drug-likeness (QED) is 0.889. The lowest BCUT2D eigenvalue weighted by Crippen LogP contribution is -2.40. The normalized spacial score (nSPS) is 27.4. The number of aryl methyl sites for hydroxylation is 1. The van der Waals surface area contributed by atoms with Crippen molar-refractivity contribution in [2.24, 2.45) is 11.7 Å². The smallest absolute Gasteiger partial charge is 0.347 e. The van der Waals surface area contributed by atoms with Crippen LogP contribution in [0.2, 0.25) is 0 Å². The second-order valence-electron chi connectivity index (χ2n) is 5.71. The highest BCUT2D eigenvalue weighted by molar-refractivity contribution is 7.13. The molecule has 1 aliphatic rings. The number of aromatic carboxylic acids is 1. The maximum Gasteiger partial charge on any atom is 0.347 e. The predicted octanol–water partition coefficient (Wildman–Crippen LogP) is 3.16. The van der Waals surface area contributed by atoms with Crippen molar-refractivity contribution in [3.63, 3.8) is 0 Å². The van der Waals surface area contributed by atoms with E-state index in [1.807, 2.05) is 6.92 Å². The van der Waals surface area contributed by atoms with Gasteiger partial charge in [-0.2, -0.15) is 0 Å². The molecule has 19 heavy (non-hydrogen) atoms. The molecule has 0 spiro atoms. The number of thiazole rings is 1. The van der Waals surface area contributed by atoms with Crippen LogP contribution in [0.5, 0.6) is 0 Å². The SMILES string of the molecule is CCCc1nc(C2(N)CCCC(C)C2)sc1C(=O)O. The van der Waals surface area contributed by atoms with Crippen molar-refractivity contribution < 1.29 is 9.90 Å². The second-order valence-corrected chi connectivity index (χ2v) is 6.71. The third-order valence-corrected chi connectivity index (χ3v) is 5.14. The summed E-state index contributed by atoms with van der Waals surface area (Å²) in [7, 11) is 0. The zero-order chi connectivity index (χ0) is 14.0. The first kappa shape index (κ1) is 14.5. The van der Waals surface area contributed by atoms with Gasteiger partial charge < -0.3 is 10.8 Å². The van der Waals surface area contributed by atoms with Gasteiger partial charge in [-0.15, -0.1) is 11.3 Å². The molecule has 106 valence electrons. The van der Waals surface area contributed by atoms with Crippen LogP contribution in [0.3, 0.4) is 0 Å². The van der Waals surface area contributed by atoms with Gasteiger partial charge in [-0.3, -0.25) is 0 Å². The van der Waals surface area contributed by atoms with E-state index in [-0.39, 0.29) is 0 Å². The lowest BCUT2D eigenvalue weighted by atomic mass is 9.77. The van der Waals surface area contributed by atoms with E-state index >= 15 is 0 Å². The number of nitrogens with two attached hydrogens (primary N) is 1. The molecule has 1 saturated carbocycles. The molecule has 0 bridgehead atoms. The molecule has 2 atom stereocenters. The van der Waals surface area contributed by atoms with Gasteiger partial charge in [-0.05, 0) is 25.2 Å². The fourth-order valence-electron chi connectivity index (χ4n) is 2.92. The molecule has 1 aromatic heterocycles. The molecule has 0 saturated heterocycles. The Kier molecular flexibility index (Phi) is 4.26. The summed E-state index contributed by atoms with van der Waals surface area (Å²) >= 11 is 1.28. The van der Waals surface area contributed by atoms with Crippen molar-refractivity contribution in [2.75, 3.05) is 0 Å². The number of hydrogen-bond acceptors (Lipinski definition) is 4. The Labute approximate surface area is 118 Å². The summed E-state index contributed by atoms with van der Waals surface area (Å²) in [5.41, 5.74) is 6.79. The van der Waals surface area contributed by atoms with Gasteiger partial charge in [0.15, 0.2) is 0 Å². The third kappa shape index (κ3) is 2.98. The number of hydrogen-bond donors (Lipinski definition) is 2. The molecule has 2 unspecified atom stereocenters. The largest absolute Gasteiger partial charge is 0.477 e. The van der Waals surface area contributed by atoms with Gasteiger partial charge in [0.05, 0.1) is 11.2 Å². The summed E-state index contributed by atoms with van der Waals surface area (Å²) in [6, 6.07) is 0. The van der Waals surface area contributed by atoms with Crippen LogP contribution in [0.25, 0.3) is 0 Å². The van der Waals surface area contributed by atoms with Gasteiger partial charge in [-0.25, -0.2) is 9.78 Å². The fraction of sp³-hybridized carbons (Fsp3) is 0.714. The molecule has 2 rings (SSSR count). The van der Waals surface area contributed by atoms with E-state index in [9.17, 15) is 9.90 Å². The average Bonchev–Trinajstić information content (AvgIpc) is 2.74. The molecular formula is C14H22N2O2S. The molecule has 4 nitrogen and oxygen atoms in total. The molecule has 1 fully saturated rings. The van der Waals surface area contributed by atoms with Gasteiger partial charge in [0.1, 0.15) is 9.88 Å². The minimum atomic E-state index is -0.875. The van der Waals surface area contributed by atoms with Crippen LogP contribution in [0.1, 0.15) is 66.3 Å². The molecule has 0 radical (unpaired) electrons. The number of aromatic nitrogens is 1. The first-order chi connectivity index (χ1) is 8.96. The number of carboxylic acid groups (broad SMARTS) is 1. The first-order valence-corrected chi connectivity index (χ1v) is 7.80. The van der Waals surface area contributed by atoms with Crippen LogP contribution in [0.4, 0.5) is 0 Å². The molecular weight excluding hydrogens is 260 g/mol. The Bertz CT molecular complexity index is 472. The van der Waals surface area contributed by atoms with Crippen molar-refractivity contribution in [3.8, 4) is 0 Å². The van der Waals surface area contributed by atoms with Gasteiger partial charge in [0.25, 0.3) is 0 Å². The van der Waals surface area contributed by atoms with E-state index in [0.29, 0.717) is 22.9 Å². The van der Waals surface area contributed by atoms with Crippen LogP contribution >= 0.6 is 11.3 Å². The summed E-state index contributed by atoms with van der Waals surface area (Å²) in [4.78, 5) is 16.2. The third-order valence-electron chi connectivity index (χ3n) is 3.84. The van der Waals surface area contributed by atoms with Crippen molar-refractivity contribution in [2.45, 2.75) is 57.9 Å². The monoisotopic (exact) mass is 282 g/mol. The van der Waals surface area contributed by atoms with E-state index in [2.05, 4.69) is 11.9 Å². The molecule has 1 heterocycles. The van der Waals surface area contributed by atoms with E-state index in [1.165, 1.54) is 17.8 Å². The Balaban J connectivity index is 2.34. The van der Waals surface area contributed by atoms with Crippen LogP contribution in [-0.4, -0.2) is 16.1 Å².